The fourth-order valence-electron chi connectivity index (χ4n) is 1.93. The Morgan fingerprint density at radius 1 is 1.04 bits per heavy atom. The first-order valence-corrected chi connectivity index (χ1v) is 8.13. The maximum atomic E-state index is 11.6. The molecule has 144 valence electrons. The molecular formula is C18H20N2O7. The number of methoxy groups -OCH3 is 1. The van der Waals surface area contributed by atoms with Crippen LogP contribution in [0.25, 0.3) is 0 Å². The van der Waals surface area contributed by atoms with Crippen LogP contribution in [0.2, 0.25) is 0 Å². The molecule has 2 N–H and O–H groups in total. The number of hydrogen-bond acceptors (Lipinski definition) is 7. The number of hydrogen-bond donors (Lipinski definition) is 2. The van der Waals surface area contributed by atoms with E-state index in [0.29, 0.717) is 18.8 Å². The van der Waals surface area contributed by atoms with E-state index in [4.69, 9.17) is 18.6 Å². The molecular weight excluding hydrogens is 356 g/mol. The van der Waals surface area contributed by atoms with Gasteiger partial charge in [0.2, 0.25) is 0 Å². The van der Waals surface area contributed by atoms with E-state index in [9.17, 15) is 14.4 Å². The van der Waals surface area contributed by atoms with E-state index >= 15 is 0 Å². The number of nitrogens with one attached hydrogen (secondary N) is 2. The summed E-state index contributed by atoms with van der Waals surface area (Å²) in [5.74, 6) is -0.390. The Balaban J connectivity index is 1.54. The van der Waals surface area contributed by atoms with Gasteiger partial charge >= 0.3 is 11.9 Å². The highest BCUT2D eigenvalue weighted by molar-refractivity contribution is 5.93. The zero-order chi connectivity index (χ0) is 19.5. The van der Waals surface area contributed by atoms with Gasteiger partial charge in [0.1, 0.15) is 11.5 Å². The molecule has 0 radical (unpaired) electrons. The van der Waals surface area contributed by atoms with Crippen LogP contribution < -0.4 is 20.3 Å². The van der Waals surface area contributed by atoms with Crippen LogP contribution in [-0.2, 0) is 14.3 Å². The van der Waals surface area contributed by atoms with Crippen molar-refractivity contribution in [3.8, 4) is 11.5 Å². The quantitative estimate of drug-likeness (QED) is 0.386. The zero-order valence-corrected chi connectivity index (χ0v) is 14.7. The Kier molecular flexibility index (Phi) is 7.70. The summed E-state index contributed by atoms with van der Waals surface area (Å²) < 4.78 is 20.2. The van der Waals surface area contributed by atoms with Crippen molar-refractivity contribution in [3.63, 3.8) is 0 Å². The molecule has 0 aliphatic carbocycles. The average molecular weight is 376 g/mol. The minimum Gasteiger partial charge on any atom is -0.497 e. The predicted molar refractivity (Wildman–Crippen MR) is 93.0 cm³/mol. The summed E-state index contributed by atoms with van der Waals surface area (Å²) in [7, 11) is 1.58. The molecule has 0 atom stereocenters. The summed E-state index contributed by atoms with van der Waals surface area (Å²) in [6.07, 6.45) is 1.86. The third-order valence-corrected chi connectivity index (χ3v) is 3.28. The first kappa shape index (κ1) is 19.8. The van der Waals surface area contributed by atoms with Gasteiger partial charge in [0.05, 0.1) is 20.0 Å². The van der Waals surface area contributed by atoms with E-state index in [1.165, 1.54) is 18.4 Å². The van der Waals surface area contributed by atoms with Gasteiger partial charge in [-0.1, -0.05) is 0 Å². The third-order valence-electron chi connectivity index (χ3n) is 3.28. The highest BCUT2D eigenvalue weighted by Gasteiger charge is 2.11. The Hall–Kier alpha value is -3.49. The molecule has 2 amide bonds. The van der Waals surface area contributed by atoms with Gasteiger partial charge in [0, 0.05) is 6.42 Å². The van der Waals surface area contributed by atoms with Crippen LogP contribution in [0.15, 0.2) is 47.1 Å². The van der Waals surface area contributed by atoms with Crippen molar-refractivity contribution >= 4 is 17.8 Å². The standard InChI is InChI=1S/C18H20N2O7/c1-24-13-6-8-14(9-7-13)25-10-3-5-17(22)27-12-16(21)19-20-18(23)15-4-2-11-26-15/h2,4,6-9,11H,3,5,10,12H2,1H3,(H,19,21)(H,20,23). The van der Waals surface area contributed by atoms with E-state index in [-0.39, 0.29) is 12.2 Å². The van der Waals surface area contributed by atoms with Gasteiger partial charge in [0.15, 0.2) is 12.4 Å². The Morgan fingerprint density at radius 2 is 1.78 bits per heavy atom. The lowest BCUT2D eigenvalue weighted by atomic mass is 10.3. The number of hydrazine groups is 1. The van der Waals surface area contributed by atoms with Crippen molar-refractivity contribution in [1.29, 1.82) is 0 Å². The lowest BCUT2D eigenvalue weighted by Gasteiger charge is -2.08. The van der Waals surface area contributed by atoms with Crippen molar-refractivity contribution in [2.45, 2.75) is 12.8 Å². The highest BCUT2D eigenvalue weighted by Crippen LogP contribution is 2.17. The summed E-state index contributed by atoms with van der Waals surface area (Å²) >= 11 is 0. The molecule has 9 nitrogen and oxygen atoms in total. The molecule has 1 heterocycles. The first-order valence-electron chi connectivity index (χ1n) is 8.13. The molecule has 0 fully saturated rings. The van der Waals surface area contributed by atoms with E-state index in [1.54, 1.807) is 31.4 Å². The van der Waals surface area contributed by atoms with Crippen LogP contribution in [0.3, 0.4) is 0 Å². The molecule has 0 saturated heterocycles. The van der Waals surface area contributed by atoms with Gasteiger partial charge in [0.25, 0.3) is 5.91 Å². The fourth-order valence-corrected chi connectivity index (χ4v) is 1.93. The first-order chi connectivity index (χ1) is 13.1. The molecule has 0 aliphatic rings. The molecule has 0 unspecified atom stereocenters. The number of ether oxygens (including phenoxy) is 3. The van der Waals surface area contributed by atoms with Crippen LogP contribution in [0.5, 0.6) is 11.5 Å². The van der Waals surface area contributed by atoms with Crippen molar-refractivity contribution in [2.24, 2.45) is 0 Å². The van der Waals surface area contributed by atoms with Crippen LogP contribution >= 0.6 is 0 Å². The topological polar surface area (TPSA) is 116 Å². The van der Waals surface area contributed by atoms with Crippen molar-refractivity contribution in [1.82, 2.24) is 10.9 Å². The minimum atomic E-state index is -0.669. The number of carbonyl (C=O) groups is 3. The number of furan rings is 1. The summed E-state index contributed by atoms with van der Waals surface area (Å²) in [6, 6.07) is 10.0. The predicted octanol–water partition coefficient (Wildman–Crippen LogP) is 1.45. The van der Waals surface area contributed by atoms with E-state index < -0.39 is 24.4 Å². The molecule has 27 heavy (non-hydrogen) atoms. The maximum Gasteiger partial charge on any atom is 0.306 e. The van der Waals surface area contributed by atoms with E-state index in [2.05, 4.69) is 10.9 Å². The zero-order valence-electron chi connectivity index (χ0n) is 14.7. The van der Waals surface area contributed by atoms with Crippen molar-refractivity contribution in [2.75, 3.05) is 20.3 Å². The van der Waals surface area contributed by atoms with Gasteiger partial charge in [-0.05, 0) is 42.8 Å². The number of carbonyl (C=O) groups excluding carboxylic acids is 3. The second kappa shape index (κ2) is 10.5. The van der Waals surface area contributed by atoms with Crippen molar-refractivity contribution in [3.05, 3.63) is 48.4 Å². The van der Waals surface area contributed by atoms with Crippen LogP contribution in [0, 0.1) is 0 Å². The highest BCUT2D eigenvalue weighted by atomic mass is 16.5. The summed E-state index contributed by atoms with van der Waals surface area (Å²) in [5.41, 5.74) is 4.25. The summed E-state index contributed by atoms with van der Waals surface area (Å²) in [5, 5.41) is 0. The maximum absolute atomic E-state index is 11.6. The summed E-state index contributed by atoms with van der Waals surface area (Å²) in [4.78, 5) is 34.6. The minimum absolute atomic E-state index is 0.0455. The second-order valence-corrected chi connectivity index (χ2v) is 5.27. The Bertz CT molecular complexity index is 742. The molecule has 0 bridgehead atoms. The molecule has 9 heteroatoms. The lowest BCUT2D eigenvalue weighted by Crippen LogP contribution is -2.43. The fraction of sp³-hybridized carbons (Fsp3) is 0.278. The van der Waals surface area contributed by atoms with Crippen LogP contribution in [0.1, 0.15) is 23.4 Å². The van der Waals surface area contributed by atoms with Crippen LogP contribution in [-0.4, -0.2) is 38.1 Å². The molecule has 0 aliphatic heterocycles. The molecule has 2 aromatic rings. The lowest BCUT2D eigenvalue weighted by molar-refractivity contribution is -0.148. The van der Waals surface area contributed by atoms with Gasteiger partial charge in [-0.25, -0.2) is 0 Å². The number of amides is 2. The van der Waals surface area contributed by atoms with Gasteiger partial charge in [-0.2, -0.15) is 0 Å². The van der Waals surface area contributed by atoms with E-state index in [1.807, 2.05) is 0 Å². The Labute approximate surface area is 155 Å². The SMILES string of the molecule is COc1ccc(OCCCC(=O)OCC(=O)NNC(=O)c2ccco2)cc1. The van der Waals surface area contributed by atoms with Gasteiger partial charge in [-0.15, -0.1) is 0 Å². The second-order valence-electron chi connectivity index (χ2n) is 5.27. The normalized spacial score (nSPS) is 9.96. The van der Waals surface area contributed by atoms with Crippen molar-refractivity contribution < 1.29 is 33.0 Å². The van der Waals surface area contributed by atoms with Gasteiger partial charge < -0.3 is 18.6 Å². The number of benzene rings is 1. The monoisotopic (exact) mass is 376 g/mol. The smallest absolute Gasteiger partial charge is 0.306 e. The Morgan fingerprint density at radius 3 is 2.44 bits per heavy atom. The largest absolute Gasteiger partial charge is 0.497 e. The average Bonchev–Trinajstić information content (AvgIpc) is 3.23. The van der Waals surface area contributed by atoms with Gasteiger partial charge in [-0.3, -0.25) is 25.2 Å². The molecule has 2 rings (SSSR count). The molecule has 0 saturated carbocycles. The molecule has 1 aromatic heterocycles. The molecule has 0 spiro atoms. The summed E-state index contributed by atoms with van der Waals surface area (Å²) in [6.45, 7) is -0.177. The van der Waals surface area contributed by atoms with E-state index in [0.717, 1.165) is 5.75 Å². The number of esters is 1. The third kappa shape index (κ3) is 7.10. The van der Waals surface area contributed by atoms with Crippen LogP contribution in [0.4, 0.5) is 0 Å². The number of rotatable bonds is 9. The molecule has 1 aromatic carbocycles.